The molecule has 0 bridgehead atoms. The Bertz CT molecular complexity index is 522. The number of rotatable bonds is 6. The van der Waals surface area contributed by atoms with E-state index in [0.717, 1.165) is 19.6 Å². The fraction of sp³-hybridized carbons (Fsp3) is 0.684. The summed E-state index contributed by atoms with van der Waals surface area (Å²) in [5.41, 5.74) is 0.563. The minimum atomic E-state index is -4.25. The average molecular weight is 358 g/mol. The molecule has 2 rings (SSSR count). The van der Waals surface area contributed by atoms with Crippen LogP contribution < -0.4 is 9.64 Å². The van der Waals surface area contributed by atoms with Crippen LogP contribution in [0.3, 0.4) is 0 Å². The Morgan fingerprint density at radius 3 is 2.16 bits per heavy atom. The average Bonchev–Trinajstić information content (AvgIpc) is 2.55. The lowest BCUT2D eigenvalue weighted by Crippen LogP contribution is -2.52. The number of methoxy groups -OCH3 is 1. The molecule has 6 heteroatoms. The van der Waals surface area contributed by atoms with Crippen LogP contribution in [0.4, 0.5) is 18.9 Å². The Morgan fingerprint density at radius 2 is 1.72 bits per heavy atom. The highest BCUT2D eigenvalue weighted by Crippen LogP contribution is 2.37. The van der Waals surface area contributed by atoms with E-state index in [-0.39, 0.29) is 5.92 Å². The molecule has 0 radical (unpaired) electrons. The van der Waals surface area contributed by atoms with Crippen molar-refractivity contribution in [3.63, 3.8) is 0 Å². The molecule has 0 spiro atoms. The number of nitrogens with zero attached hydrogens (tertiary/aromatic N) is 2. The monoisotopic (exact) mass is 358 g/mol. The molecule has 1 fully saturated rings. The molecular weight excluding hydrogens is 329 g/mol. The van der Waals surface area contributed by atoms with Crippen molar-refractivity contribution in [1.82, 2.24) is 4.90 Å². The topological polar surface area (TPSA) is 15.7 Å². The minimum Gasteiger partial charge on any atom is -0.497 e. The molecule has 1 heterocycles. The van der Waals surface area contributed by atoms with E-state index >= 15 is 0 Å². The molecule has 142 valence electrons. The predicted molar refractivity (Wildman–Crippen MR) is 95.2 cm³/mol. The van der Waals surface area contributed by atoms with Crippen molar-refractivity contribution in [2.75, 3.05) is 38.7 Å². The second kappa shape index (κ2) is 8.30. The summed E-state index contributed by atoms with van der Waals surface area (Å²) >= 11 is 0. The summed E-state index contributed by atoms with van der Waals surface area (Å²) < 4.78 is 46.5. The van der Waals surface area contributed by atoms with Crippen molar-refractivity contribution in [3.05, 3.63) is 24.3 Å². The number of alkyl halides is 3. The largest absolute Gasteiger partial charge is 0.497 e. The number of likely N-dealkylation sites (tertiary alicyclic amines) is 1. The SMILES string of the molecule is COc1ccc(N(C)C(C2CCN(CC(C)C)CC2)C(F)(F)F)cc1. The molecule has 0 amide bonds. The lowest BCUT2D eigenvalue weighted by Gasteiger charge is -2.41. The zero-order chi connectivity index (χ0) is 18.6. The lowest BCUT2D eigenvalue weighted by molar-refractivity contribution is -0.163. The van der Waals surface area contributed by atoms with Gasteiger partial charge in [-0.1, -0.05) is 13.8 Å². The van der Waals surface area contributed by atoms with Crippen LogP contribution in [0.1, 0.15) is 26.7 Å². The number of piperidine rings is 1. The molecule has 1 aliphatic heterocycles. The van der Waals surface area contributed by atoms with Gasteiger partial charge in [-0.15, -0.1) is 0 Å². The molecule has 0 aromatic heterocycles. The highest BCUT2D eigenvalue weighted by Gasteiger charge is 2.47. The minimum absolute atomic E-state index is 0.379. The van der Waals surface area contributed by atoms with Gasteiger partial charge in [-0.25, -0.2) is 0 Å². The van der Waals surface area contributed by atoms with Crippen molar-refractivity contribution in [1.29, 1.82) is 0 Å². The normalized spacial score (nSPS) is 18.4. The third kappa shape index (κ3) is 5.27. The fourth-order valence-electron chi connectivity index (χ4n) is 3.75. The van der Waals surface area contributed by atoms with E-state index in [1.165, 1.54) is 4.90 Å². The summed E-state index contributed by atoms with van der Waals surface area (Å²) in [6.45, 7) is 6.72. The molecule has 25 heavy (non-hydrogen) atoms. The van der Waals surface area contributed by atoms with Crippen LogP contribution in [-0.2, 0) is 0 Å². The first kappa shape index (κ1) is 19.9. The van der Waals surface area contributed by atoms with Crippen molar-refractivity contribution in [2.24, 2.45) is 11.8 Å². The highest BCUT2D eigenvalue weighted by molar-refractivity contribution is 5.49. The fourth-order valence-corrected chi connectivity index (χ4v) is 3.75. The number of hydrogen-bond acceptors (Lipinski definition) is 3. The zero-order valence-corrected chi connectivity index (χ0v) is 15.5. The van der Waals surface area contributed by atoms with Crippen molar-refractivity contribution in [2.45, 2.75) is 38.9 Å². The molecule has 0 saturated carbocycles. The number of halogens is 3. The quantitative estimate of drug-likeness (QED) is 0.748. The van der Waals surface area contributed by atoms with Gasteiger partial charge >= 0.3 is 6.18 Å². The van der Waals surface area contributed by atoms with Crippen LogP contribution >= 0.6 is 0 Å². The Balaban J connectivity index is 2.11. The van der Waals surface area contributed by atoms with Gasteiger partial charge in [0.05, 0.1) is 7.11 Å². The van der Waals surface area contributed by atoms with Gasteiger partial charge in [-0.05, 0) is 62.0 Å². The number of anilines is 1. The number of ether oxygens (including phenoxy) is 1. The van der Waals surface area contributed by atoms with Crippen molar-refractivity contribution in [3.8, 4) is 5.75 Å². The Morgan fingerprint density at radius 1 is 1.16 bits per heavy atom. The second-order valence-corrected chi connectivity index (χ2v) is 7.33. The van der Waals surface area contributed by atoms with Crippen molar-refractivity contribution < 1.29 is 17.9 Å². The smallest absolute Gasteiger partial charge is 0.408 e. The van der Waals surface area contributed by atoms with E-state index in [4.69, 9.17) is 4.74 Å². The van der Waals surface area contributed by atoms with Crippen LogP contribution in [0.15, 0.2) is 24.3 Å². The van der Waals surface area contributed by atoms with E-state index < -0.39 is 12.2 Å². The van der Waals surface area contributed by atoms with Gasteiger partial charge in [0.25, 0.3) is 0 Å². The van der Waals surface area contributed by atoms with Crippen LogP contribution in [0, 0.1) is 11.8 Å². The summed E-state index contributed by atoms with van der Waals surface area (Å²) in [6.07, 6.45) is -3.09. The first-order valence-electron chi connectivity index (χ1n) is 8.88. The van der Waals surface area contributed by atoms with E-state index in [9.17, 15) is 13.2 Å². The van der Waals surface area contributed by atoms with Gasteiger partial charge in [0, 0.05) is 19.3 Å². The first-order valence-corrected chi connectivity index (χ1v) is 8.88. The molecule has 1 aliphatic rings. The molecular formula is C19H29F3N2O. The zero-order valence-electron chi connectivity index (χ0n) is 15.5. The Labute approximate surface area is 148 Å². The number of hydrogen-bond donors (Lipinski definition) is 0. The molecule has 1 aromatic carbocycles. The van der Waals surface area contributed by atoms with Gasteiger partial charge in [-0.3, -0.25) is 0 Å². The van der Waals surface area contributed by atoms with Crippen LogP contribution in [0.25, 0.3) is 0 Å². The number of benzene rings is 1. The Hall–Kier alpha value is -1.43. The molecule has 0 aliphatic carbocycles. The maximum atomic E-state index is 13.8. The lowest BCUT2D eigenvalue weighted by atomic mass is 9.87. The van der Waals surface area contributed by atoms with E-state index in [1.807, 2.05) is 0 Å². The summed E-state index contributed by atoms with van der Waals surface area (Å²) in [5.74, 6) is 0.801. The molecule has 1 saturated heterocycles. The molecule has 3 nitrogen and oxygen atoms in total. The van der Waals surface area contributed by atoms with Crippen LogP contribution in [0.5, 0.6) is 5.75 Å². The van der Waals surface area contributed by atoms with Crippen molar-refractivity contribution >= 4 is 5.69 Å². The maximum absolute atomic E-state index is 13.8. The summed E-state index contributed by atoms with van der Waals surface area (Å²) in [7, 11) is 3.09. The molecule has 1 unspecified atom stereocenters. The van der Waals surface area contributed by atoms with E-state index in [0.29, 0.717) is 30.2 Å². The van der Waals surface area contributed by atoms with Gasteiger partial charge in [0.1, 0.15) is 11.8 Å². The summed E-state index contributed by atoms with van der Waals surface area (Å²) in [4.78, 5) is 3.66. The maximum Gasteiger partial charge on any atom is 0.408 e. The van der Waals surface area contributed by atoms with Gasteiger partial charge < -0.3 is 14.5 Å². The van der Waals surface area contributed by atoms with E-state index in [2.05, 4.69) is 18.7 Å². The summed E-state index contributed by atoms with van der Waals surface area (Å²) in [5, 5.41) is 0. The van der Waals surface area contributed by atoms with Gasteiger partial charge in [-0.2, -0.15) is 13.2 Å². The third-order valence-corrected chi connectivity index (χ3v) is 4.93. The van der Waals surface area contributed by atoms with Crippen LogP contribution in [-0.4, -0.2) is 50.9 Å². The second-order valence-electron chi connectivity index (χ2n) is 7.33. The van der Waals surface area contributed by atoms with Gasteiger partial charge in [0.15, 0.2) is 0 Å². The standard InChI is InChI=1S/C19H29F3N2O/c1-14(2)13-24-11-9-15(10-12-24)18(19(20,21)22)23(3)16-5-7-17(25-4)8-6-16/h5-8,14-15,18H,9-13H2,1-4H3. The van der Waals surface area contributed by atoms with Gasteiger partial charge in [0.2, 0.25) is 0 Å². The molecule has 0 N–H and O–H groups in total. The molecule has 1 aromatic rings. The first-order chi connectivity index (χ1) is 11.7. The summed E-state index contributed by atoms with van der Waals surface area (Å²) in [6, 6.07) is 5.31. The Kier molecular flexibility index (Phi) is 6.60. The van der Waals surface area contributed by atoms with Crippen LogP contribution in [0.2, 0.25) is 0 Å². The predicted octanol–water partition coefficient (Wildman–Crippen LogP) is 4.43. The van der Waals surface area contributed by atoms with E-state index in [1.54, 1.807) is 38.4 Å². The third-order valence-electron chi connectivity index (χ3n) is 4.93. The molecule has 1 atom stereocenters. The highest BCUT2D eigenvalue weighted by atomic mass is 19.4.